The molecule has 0 aliphatic rings. The van der Waals surface area contributed by atoms with Gasteiger partial charge in [0.2, 0.25) is 5.91 Å². The molecule has 4 nitrogen and oxygen atoms in total. The van der Waals surface area contributed by atoms with Gasteiger partial charge in [-0.3, -0.25) is 4.79 Å². The molecule has 3 aromatic rings. The Morgan fingerprint density at radius 1 is 1.00 bits per heavy atom. The number of rotatable bonds is 10. The molecule has 1 unspecified atom stereocenters. The molecule has 3 aromatic carbocycles. The number of amides is 1. The highest BCUT2D eigenvalue weighted by molar-refractivity contribution is 5.87. The van der Waals surface area contributed by atoms with Crippen molar-refractivity contribution in [1.29, 1.82) is 0 Å². The van der Waals surface area contributed by atoms with Crippen LogP contribution in [0.3, 0.4) is 0 Å². The Labute approximate surface area is 194 Å². The quantitative estimate of drug-likeness (QED) is 0.306. The first-order valence-corrected chi connectivity index (χ1v) is 10.7. The van der Waals surface area contributed by atoms with Crippen molar-refractivity contribution in [1.82, 2.24) is 5.32 Å². The van der Waals surface area contributed by atoms with Gasteiger partial charge in [-0.25, -0.2) is 4.39 Å². The van der Waals surface area contributed by atoms with E-state index in [-0.39, 0.29) is 11.8 Å². The molecule has 1 atom stereocenters. The van der Waals surface area contributed by atoms with Crippen molar-refractivity contribution in [3.8, 4) is 22.6 Å². The van der Waals surface area contributed by atoms with Gasteiger partial charge in [0.1, 0.15) is 17.3 Å². The average Bonchev–Trinajstić information content (AvgIpc) is 2.85. The van der Waals surface area contributed by atoms with Gasteiger partial charge in [-0.1, -0.05) is 60.7 Å². The summed E-state index contributed by atoms with van der Waals surface area (Å²) in [5.41, 5.74) is 3.89. The van der Waals surface area contributed by atoms with Gasteiger partial charge in [-0.2, -0.15) is 0 Å². The summed E-state index contributed by atoms with van der Waals surface area (Å²) in [6.45, 7) is 4.20. The van der Waals surface area contributed by atoms with Crippen molar-refractivity contribution in [2.24, 2.45) is 0 Å². The summed E-state index contributed by atoms with van der Waals surface area (Å²) in [6, 6.07) is 20.8. The maximum Gasteiger partial charge on any atom is 0.243 e. The molecule has 0 fully saturated rings. The molecule has 0 radical (unpaired) electrons. The highest BCUT2D eigenvalue weighted by Gasteiger charge is 2.20. The lowest BCUT2D eigenvalue weighted by molar-refractivity contribution is -0.116. The Morgan fingerprint density at radius 2 is 1.67 bits per heavy atom. The van der Waals surface area contributed by atoms with Gasteiger partial charge in [-0.15, -0.1) is 6.58 Å². The first-order chi connectivity index (χ1) is 16.0. The maximum absolute atomic E-state index is 13.9. The van der Waals surface area contributed by atoms with Gasteiger partial charge in [0, 0.05) is 30.2 Å². The number of hydrogen-bond donors (Lipinski definition) is 1. The van der Waals surface area contributed by atoms with Crippen molar-refractivity contribution in [3.05, 3.63) is 108 Å². The van der Waals surface area contributed by atoms with E-state index in [2.05, 4.69) is 30.1 Å². The summed E-state index contributed by atoms with van der Waals surface area (Å²) < 4.78 is 24.6. The average molecular weight is 446 g/mol. The highest BCUT2D eigenvalue weighted by atomic mass is 19.1. The molecule has 0 aliphatic carbocycles. The van der Waals surface area contributed by atoms with Crippen molar-refractivity contribution >= 4 is 5.91 Å². The smallest absolute Gasteiger partial charge is 0.243 e. The third-order valence-corrected chi connectivity index (χ3v) is 5.28. The number of carbonyl (C=O) groups is 1. The number of hydrogen-bond acceptors (Lipinski definition) is 3. The second-order valence-corrected chi connectivity index (χ2v) is 7.50. The number of ether oxygens (including phenoxy) is 2. The van der Waals surface area contributed by atoms with Crippen LogP contribution in [0, 0.1) is 5.82 Å². The molecule has 5 heteroatoms. The zero-order valence-electron chi connectivity index (χ0n) is 18.9. The van der Waals surface area contributed by atoms with E-state index >= 15 is 0 Å². The Morgan fingerprint density at radius 3 is 2.30 bits per heavy atom. The van der Waals surface area contributed by atoms with Crippen LogP contribution in [-0.2, 0) is 11.3 Å². The number of benzene rings is 3. The monoisotopic (exact) mass is 445 g/mol. The van der Waals surface area contributed by atoms with E-state index in [9.17, 15) is 9.18 Å². The number of halogens is 1. The van der Waals surface area contributed by atoms with Crippen LogP contribution in [0.1, 0.15) is 23.5 Å². The summed E-state index contributed by atoms with van der Waals surface area (Å²) in [5.74, 6) is -0.221. The summed E-state index contributed by atoms with van der Waals surface area (Å²) in [7, 11) is 2.95. The molecule has 1 N–H and O–H groups in total. The molecular formula is C28H28FNO3. The van der Waals surface area contributed by atoms with Crippen LogP contribution in [0.25, 0.3) is 11.1 Å². The maximum atomic E-state index is 13.9. The topological polar surface area (TPSA) is 47.6 Å². The minimum atomic E-state index is -0.454. The largest absolute Gasteiger partial charge is 0.496 e. The first-order valence-electron chi connectivity index (χ1n) is 10.7. The van der Waals surface area contributed by atoms with Crippen molar-refractivity contribution in [2.45, 2.75) is 18.9 Å². The van der Waals surface area contributed by atoms with Crippen LogP contribution < -0.4 is 14.8 Å². The van der Waals surface area contributed by atoms with Gasteiger partial charge in [-0.05, 0) is 35.3 Å². The molecule has 1 amide bonds. The minimum absolute atomic E-state index is 0.228. The van der Waals surface area contributed by atoms with Gasteiger partial charge in [0.25, 0.3) is 0 Å². The SMILES string of the molecule is C=CCC(C=CC(=O)NCc1cccc(-c2ccccc2)c1)c1c(OC)cc(F)cc1OC. The molecule has 0 aromatic heterocycles. The molecule has 3 rings (SSSR count). The van der Waals surface area contributed by atoms with Crippen LogP contribution in [0.5, 0.6) is 11.5 Å². The molecule has 0 saturated heterocycles. The van der Waals surface area contributed by atoms with E-state index in [1.165, 1.54) is 32.4 Å². The van der Waals surface area contributed by atoms with E-state index in [0.717, 1.165) is 16.7 Å². The highest BCUT2D eigenvalue weighted by Crippen LogP contribution is 2.38. The third kappa shape index (κ3) is 6.32. The van der Waals surface area contributed by atoms with E-state index in [4.69, 9.17) is 9.47 Å². The molecule has 170 valence electrons. The molecule has 0 bridgehead atoms. The summed E-state index contributed by atoms with van der Waals surface area (Å²) in [4.78, 5) is 12.5. The number of methoxy groups -OCH3 is 2. The predicted molar refractivity (Wildman–Crippen MR) is 130 cm³/mol. The number of nitrogens with one attached hydrogen (secondary N) is 1. The Bertz CT molecular complexity index is 1100. The molecule has 0 spiro atoms. The number of carbonyl (C=O) groups excluding carboxylic acids is 1. The second kappa shape index (κ2) is 11.7. The first kappa shape index (κ1) is 23.8. The molecule has 0 saturated carbocycles. The van der Waals surface area contributed by atoms with Gasteiger partial charge in [0.15, 0.2) is 0 Å². The van der Waals surface area contributed by atoms with Crippen molar-refractivity contribution < 1.29 is 18.7 Å². The molecular weight excluding hydrogens is 417 g/mol. The lowest BCUT2D eigenvalue weighted by Gasteiger charge is -2.19. The van der Waals surface area contributed by atoms with Crippen LogP contribution in [-0.4, -0.2) is 20.1 Å². The van der Waals surface area contributed by atoms with Crippen LogP contribution in [0.2, 0.25) is 0 Å². The van der Waals surface area contributed by atoms with Crippen molar-refractivity contribution in [3.63, 3.8) is 0 Å². The fourth-order valence-electron chi connectivity index (χ4n) is 3.69. The van der Waals surface area contributed by atoms with E-state index < -0.39 is 5.82 Å². The van der Waals surface area contributed by atoms with E-state index in [1.54, 1.807) is 12.2 Å². The molecule has 0 aliphatic heterocycles. The lowest BCUT2D eigenvalue weighted by Crippen LogP contribution is -2.20. The summed E-state index contributed by atoms with van der Waals surface area (Å²) >= 11 is 0. The van der Waals surface area contributed by atoms with Crippen LogP contribution >= 0.6 is 0 Å². The molecule has 33 heavy (non-hydrogen) atoms. The van der Waals surface area contributed by atoms with Crippen molar-refractivity contribution in [2.75, 3.05) is 14.2 Å². The Hall–Kier alpha value is -3.86. The third-order valence-electron chi connectivity index (χ3n) is 5.28. The zero-order valence-corrected chi connectivity index (χ0v) is 18.9. The fourth-order valence-corrected chi connectivity index (χ4v) is 3.69. The van der Waals surface area contributed by atoms with Crippen LogP contribution in [0.15, 0.2) is 91.5 Å². The standard InChI is InChI=1S/C28H28FNO3/c1-4-9-22(28-25(32-2)17-24(29)18-26(28)33-3)14-15-27(31)30-19-20-10-8-13-23(16-20)21-11-6-5-7-12-21/h4-8,10-18,22H,1,9,19H2,2-3H3,(H,30,31). The van der Waals surface area contributed by atoms with Gasteiger partial charge in [0.05, 0.1) is 14.2 Å². The van der Waals surface area contributed by atoms with Crippen LogP contribution in [0.4, 0.5) is 4.39 Å². The second-order valence-electron chi connectivity index (χ2n) is 7.50. The fraction of sp³-hybridized carbons (Fsp3) is 0.179. The molecule has 0 heterocycles. The predicted octanol–water partition coefficient (Wildman–Crippen LogP) is 6.04. The minimum Gasteiger partial charge on any atom is -0.496 e. The van der Waals surface area contributed by atoms with E-state index in [1.807, 2.05) is 36.4 Å². The summed E-state index contributed by atoms with van der Waals surface area (Å²) in [5, 5.41) is 2.92. The summed E-state index contributed by atoms with van der Waals surface area (Å²) in [6.07, 6.45) is 5.51. The Kier molecular flexibility index (Phi) is 8.42. The van der Waals surface area contributed by atoms with E-state index in [0.29, 0.717) is 30.0 Å². The normalized spacial score (nSPS) is 11.7. The van der Waals surface area contributed by atoms with Gasteiger partial charge < -0.3 is 14.8 Å². The Balaban J connectivity index is 1.72. The lowest BCUT2D eigenvalue weighted by atomic mass is 9.93. The zero-order chi connectivity index (χ0) is 23.6. The number of allylic oxidation sites excluding steroid dienone is 2. The van der Waals surface area contributed by atoms with Gasteiger partial charge >= 0.3 is 0 Å².